The Bertz CT molecular complexity index is 800. The maximum atomic E-state index is 12.4. The van der Waals surface area contributed by atoms with Crippen molar-refractivity contribution < 1.29 is 14.3 Å². The molecule has 0 fully saturated rings. The van der Waals surface area contributed by atoms with Gasteiger partial charge in [-0.3, -0.25) is 4.79 Å². The average Bonchev–Trinajstić information content (AvgIpc) is 3.13. The standard InChI is InChI=1S/C20H22BrClN2O3/c1-5-15(20(27-4)18(6-2)26-3)17-11-16(23-24(17)19(25)12-22)13-7-9-14(21)10-8-13/h5-10,17H,1,11-12H2,2-4H3/b18-6+,20-15-. The summed E-state index contributed by atoms with van der Waals surface area (Å²) in [6.07, 6.45) is 3.97. The van der Waals surface area contributed by atoms with Crippen molar-refractivity contribution in [2.45, 2.75) is 19.4 Å². The van der Waals surface area contributed by atoms with Gasteiger partial charge in [-0.05, 0) is 30.7 Å². The van der Waals surface area contributed by atoms with Gasteiger partial charge in [-0.25, -0.2) is 5.01 Å². The molecule has 1 atom stereocenters. The number of methoxy groups -OCH3 is 2. The van der Waals surface area contributed by atoms with E-state index >= 15 is 0 Å². The lowest BCUT2D eigenvalue weighted by molar-refractivity contribution is -0.129. The highest BCUT2D eigenvalue weighted by molar-refractivity contribution is 9.10. The summed E-state index contributed by atoms with van der Waals surface area (Å²) in [4.78, 5) is 12.4. The molecule has 27 heavy (non-hydrogen) atoms. The molecule has 7 heteroatoms. The largest absolute Gasteiger partial charge is 0.493 e. The van der Waals surface area contributed by atoms with Gasteiger partial charge < -0.3 is 9.47 Å². The zero-order chi connectivity index (χ0) is 20.0. The Labute approximate surface area is 173 Å². The minimum Gasteiger partial charge on any atom is -0.493 e. The number of benzene rings is 1. The third-order valence-corrected chi connectivity index (χ3v) is 4.97. The number of alkyl halides is 1. The Kier molecular flexibility index (Phi) is 7.68. The minimum atomic E-state index is -0.382. The molecule has 5 nitrogen and oxygen atoms in total. The second-order valence-electron chi connectivity index (χ2n) is 5.70. The van der Waals surface area contributed by atoms with Crippen LogP contribution in [0.25, 0.3) is 0 Å². The van der Waals surface area contributed by atoms with E-state index in [2.05, 4.69) is 27.6 Å². The fraction of sp³-hybridized carbons (Fsp3) is 0.300. The molecule has 1 aliphatic rings. The van der Waals surface area contributed by atoms with E-state index in [1.54, 1.807) is 26.4 Å². The highest BCUT2D eigenvalue weighted by Crippen LogP contribution is 2.31. The van der Waals surface area contributed by atoms with Crippen LogP contribution >= 0.6 is 27.5 Å². The number of carbonyl (C=O) groups is 1. The third kappa shape index (κ3) is 4.62. The van der Waals surface area contributed by atoms with Gasteiger partial charge in [-0.15, -0.1) is 11.6 Å². The van der Waals surface area contributed by atoms with Crippen molar-refractivity contribution in [2.24, 2.45) is 5.10 Å². The lowest BCUT2D eigenvalue weighted by atomic mass is 9.96. The summed E-state index contributed by atoms with van der Waals surface area (Å²) in [5.74, 6) is 0.617. The number of ether oxygens (including phenoxy) is 2. The number of hydrogen-bond acceptors (Lipinski definition) is 4. The molecule has 1 amide bonds. The fourth-order valence-electron chi connectivity index (χ4n) is 2.94. The number of nitrogens with zero attached hydrogens (tertiary/aromatic N) is 2. The second-order valence-corrected chi connectivity index (χ2v) is 6.88. The Balaban J connectivity index is 2.52. The van der Waals surface area contributed by atoms with Crippen LogP contribution in [-0.4, -0.2) is 42.8 Å². The highest BCUT2D eigenvalue weighted by Gasteiger charge is 2.35. The van der Waals surface area contributed by atoms with Crippen LogP contribution in [0, 0.1) is 0 Å². The average molecular weight is 454 g/mol. The van der Waals surface area contributed by atoms with Gasteiger partial charge in [0.05, 0.1) is 26.0 Å². The molecule has 2 rings (SSSR count). The van der Waals surface area contributed by atoms with Crippen molar-refractivity contribution in [2.75, 3.05) is 20.1 Å². The summed E-state index contributed by atoms with van der Waals surface area (Å²) < 4.78 is 11.9. The first kappa shape index (κ1) is 21.3. The molecule has 0 aliphatic carbocycles. The molecule has 1 heterocycles. The van der Waals surface area contributed by atoms with Crippen molar-refractivity contribution in [3.8, 4) is 0 Å². The Morgan fingerprint density at radius 1 is 1.37 bits per heavy atom. The zero-order valence-electron chi connectivity index (χ0n) is 15.5. The van der Waals surface area contributed by atoms with E-state index in [9.17, 15) is 4.79 Å². The van der Waals surface area contributed by atoms with E-state index in [4.69, 9.17) is 21.1 Å². The van der Waals surface area contributed by atoms with Crippen LogP contribution in [0.4, 0.5) is 0 Å². The van der Waals surface area contributed by atoms with Crippen molar-refractivity contribution in [1.82, 2.24) is 5.01 Å². The van der Waals surface area contributed by atoms with Crippen LogP contribution in [0.1, 0.15) is 18.9 Å². The van der Waals surface area contributed by atoms with E-state index < -0.39 is 0 Å². The van der Waals surface area contributed by atoms with Crippen molar-refractivity contribution in [3.05, 3.63) is 70.1 Å². The number of amides is 1. The molecule has 1 aromatic carbocycles. The summed E-state index contributed by atoms with van der Waals surface area (Å²) >= 11 is 9.24. The number of hydrazone groups is 1. The number of carbonyl (C=O) groups excluding carboxylic acids is 1. The monoisotopic (exact) mass is 452 g/mol. The smallest absolute Gasteiger partial charge is 0.258 e. The number of allylic oxidation sites excluding steroid dienone is 1. The van der Waals surface area contributed by atoms with Gasteiger partial charge in [0.15, 0.2) is 11.5 Å². The summed E-state index contributed by atoms with van der Waals surface area (Å²) in [5.41, 5.74) is 2.44. The van der Waals surface area contributed by atoms with Gasteiger partial charge in [0.2, 0.25) is 0 Å². The predicted octanol–water partition coefficient (Wildman–Crippen LogP) is 4.63. The van der Waals surface area contributed by atoms with Crippen LogP contribution in [0.3, 0.4) is 0 Å². The normalized spacial score (nSPS) is 18.0. The molecular formula is C20H22BrClN2O3. The molecule has 0 spiro atoms. The molecule has 0 radical (unpaired) electrons. The molecule has 0 aromatic heterocycles. The number of hydrogen-bond donors (Lipinski definition) is 0. The summed E-state index contributed by atoms with van der Waals surface area (Å²) in [6.45, 7) is 5.75. The quantitative estimate of drug-likeness (QED) is 0.344. The summed E-state index contributed by atoms with van der Waals surface area (Å²) in [7, 11) is 3.12. The number of rotatable bonds is 7. The third-order valence-electron chi connectivity index (χ3n) is 4.21. The lowest BCUT2D eigenvalue weighted by Gasteiger charge is -2.24. The van der Waals surface area contributed by atoms with Gasteiger partial charge in [0, 0.05) is 16.5 Å². The van der Waals surface area contributed by atoms with E-state index in [-0.39, 0.29) is 17.8 Å². The molecule has 0 bridgehead atoms. The second kappa shape index (κ2) is 9.76. The van der Waals surface area contributed by atoms with Crippen molar-refractivity contribution in [3.63, 3.8) is 0 Å². The zero-order valence-corrected chi connectivity index (χ0v) is 17.9. The molecule has 1 aliphatic heterocycles. The van der Waals surface area contributed by atoms with Gasteiger partial charge in [0.25, 0.3) is 5.91 Å². The van der Waals surface area contributed by atoms with Gasteiger partial charge in [-0.1, -0.05) is 40.7 Å². The van der Waals surface area contributed by atoms with Crippen LogP contribution in [-0.2, 0) is 14.3 Å². The minimum absolute atomic E-state index is 0.166. The van der Waals surface area contributed by atoms with Gasteiger partial charge in [0.1, 0.15) is 5.88 Å². The van der Waals surface area contributed by atoms with Gasteiger partial charge in [-0.2, -0.15) is 5.10 Å². The molecular weight excluding hydrogens is 432 g/mol. The Morgan fingerprint density at radius 2 is 2.04 bits per heavy atom. The Hall–Kier alpha value is -2.05. The maximum Gasteiger partial charge on any atom is 0.258 e. The van der Waals surface area contributed by atoms with E-state index in [0.717, 1.165) is 15.7 Å². The first-order valence-corrected chi connectivity index (χ1v) is 9.66. The lowest BCUT2D eigenvalue weighted by Crippen LogP contribution is -2.35. The van der Waals surface area contributed by atoms with Crippen LogP contribution < -0.4 is 0 Å². The summed E-state index contributed by atoms with van der Waals surface area (Å²) in [6, 6.07) is 7.40. The van der Waals surface area contributed by atoms with Crippen LogP contribution in [0.5, 0.6) is 0 Å². The molecule has 1 aromatic rings. The predicted molar refractivity (Wildman–Crippen MR) is 112 cm³/mol. The first-order chi connectivity index (χ1) is 13.0. The topological polar surface area (TPSA) is 51.1 Å². The van der Waals surface area contributed by atoms with E-state index in [1.165, 1.54) is 5.01 Å². The van der Waals surface area contributed by atoms with Crippen LogP contribution in [0.15, 0.2) is 69.7 Å². The van der Waals surface area contributed by atoms with Crippen molar-refractivity contribution in [1.29, 1.82) is 0 Å². The van der Waals surface area contributed by atoms with E-state index in [1.807, 2.05) is 31.2 Å². The number of halogens is 2. The van der Waals surface area contributed by atoms with E-state index in [0.29, 0.717) is 23.5 Å². The maximum absolute atomic E-state index is 12.4. The molecule has 1 unspecified atom stereocenters. The molecule has 0 N–H and O–H groups in total. The summed E-state index contributed by atoms with van der Waals surface area (Å²) in [5, 5.41) is 5.95. The SMILES string of the molecule is C=C/C(=C(OC)\C(=C/C)OC)C1CC(c2ccc(Br)cc2)=NN1C(=O)CCl. The van der Waals surface area contributed by atoms with Crippen LogP contribution in [0.2, 0.25) is 0 Å². The Morgan fingerprint density at radius 3 is 2.52 bits per heavy atom. The van der Waals surface area contributed by atoms with Crippen molar-refractivity contribution >= 4 is 39.1 Å². The molecule has 0 saturated heterocycles. The highest BCUT2D eigenvalue weighted by atomic mass is 79.9. The van der Waals surface area contributed by atoms with Gasteiger partial charge >= 0.3 is 0 Å². The first-order valence-electron chi connectivity index (χ1n) is 8.33. The fourth-order valence-corrected chi connectivity index (χ4v) is 3.33. The molecule has 0 saturated carbocycles. The molecule has 144 valence electrons.